The van der Waals surface area contributed by atoms with Crippen molar-refractivity contribution >= 4 is 27.6 Å². The number of amides is 1. The highest BCUT2D eigenvalue weighted by Gasteiger charge is 2.17. The fraction of sp³-hybridized carbons (Fsp3) is 0.176. The van der Waals surface area contributed by atoms with E-state index in [0.29, 0.717) is 5.69 Å². The molecule has 0 aromatic heterocycles. The van der Waals surface area contributed by atoms with Crippen molar-refractivity contribution in [2.75, 3.05) is 25.6 Å². The van der Waals surface area contributed by atoms with Crippen LogP contribution >= 0.6 is 0 Å². The van der Waals surface area contributed by atoms with Crippen LogP contribution in [-0.2, 0) is 19.6 Å². The number of likely N-dealkylation sites (N-methyl/N-ethyl adjacent to an activating group) is 1. The van der Waals surface area contributed by atoms with Gasteiger partial charge in [-0.2, -0.15) is 0 Å². The predicted octanol–water partition coefficient (Wildman–Crippen LogP) is 1.41. The van der Waals surface area contributed by atoms with Gasteiger partial charge in [-0.05, 0) is 37.4 Å². The van der Waals surface area contributed by atoms with Gasteiger partial charge >= 0.3 is 5.97 Å². The first-order valence-corrected chi connectivity index (χ1v) is 8.86. The van der Waals surface area contributed by atoms with E-state index in [0.717, 1.165) is 0 Å². The number of carbonyl (C=O) groups is 2. The second-order valence-corrected chi connectivity index (χ2v) is 6.99. The number of carbonyl (C=O) groups excluding carboxylic acids is 2. The number of para-hydroxylation sites is 1. The first-order valence-electron chi connectivity index (χ1n) is 7.37. The number of hydrogen-bond acceptors (Lipinski definition) is 5. The second-order valence-electron chi connectivity index (χ2n) is 5.10. The summed E-state index contributed by atoms with van der Waals surface area (Å²) >= 11 is 0. The minimum absolute atomic E-state index is 0.0477. The standard InChI is InChI=1S/C17H18N2O5S/c1-18-25(22,23)15-10-6-7-13(11-15)17(21)24-12-16(20)19(2)14-8-4-3-5-9-14/h3-11,18H,12H2,1-2H3. The van der Waals surface area contributed by atoms with Crippen LogP contribution in [0.3, 0.4) is 0 Å². The van der Waals surface area contributed by atoms with Crippen molar-refractivity contribution in [1.29, 1.82) is 0 Å². The van der Waals surface area contributed by atoms with Crippen LogP contribution in [0.2, 0.25) is 0 Å². The molecule has 132 valence electrons. The zero-order valence-corrected chi connectivity index (χ0v) is 14.6. The Hall–Kier alpha value is -2.71. The van der Waals surface area contributed by atoms with E-state index in [-0.39, 0.29) is 10.5 Å². The molecule has 0 saturated carbocycles. The third-order valence-electron chi connectivity index (χ3n) is 3.49. The highest BCUT2D eigenvalue weighted by molar-refractivity contribution is 7.89. The lowest BCUT2D eigenvalue weighted by molar-refractivity contribution is -0.121. The van der Waals surface area contributed by atoms with Crippen LogP contribution in [0.25, 0.3) is 0 Å². The van der Waals surface area contributed by atoms with E-state index in [1.165, 1.54) is 36.2 Å². The molecule has 0 aliphatic carbocycles. The SMILES string of the molecule is CNS(=O)(=O)c1cccc(C(=O)OCC(=O)N(C)c2ccccc2)c1. The van der Waals surface area contributed by atoms with Gasteiger partial charge in [-0.25, -0.2) is 17.9 Å². The average molecular weight is 362 g/mol. The number of esters is 1. The Balaban J connectivity index is 2.03. The molecule has 0 aliphatic heterocycles. The van der Waals surface area contributed by atoms with E-state index in [9.17, 15) is 18.0 Å². The number of hydrogen-bond donors (Lipinski definition) is 1. The maximum atomic E-state index is 12.1. The van der Waals surface area contributed by atoms with Crippen molar-refractivity contribution in [3.05, 3.63) is 60.2 Å². The molecule has 2 aromatic carbocycles. The topological polar surface area (TPSA) is 92.8 Å². The number of nitrogens with one attached hydrogen (secondary N) is 1. The van der Waals surface area contributed by atoms with Crippen molar-refractivity contribution in [2.45, 2.75) is 4.90 Å². The number of benzene rings is 2. The minimum Gasteiger partial charge on any atom is -0.452 e. The number of anilines is 1. The Morgan fingerprint density at radius 1 is 1.08 bits per heavy atom. The summed E-state index contributed by atoms with van der Waals surface area (Å²) in [5.41, 5.74) is 0.720. The molecule has 0 bridgehead atoms. The summed E-state index contributed by atoms with van der Waals surface area (Å²) in [4.78, 5) is 25.5. The normalized spacial score (nSPS) is 11.0. The maximum absolute atomic E-state index is 12.1. The molecule has 1 N–H and O–H groups in total. The molecule has 8 heteroatoms. The van der Waals surface area contributed by atoms with E-state index in [4.69, 9.17) is 4.74 Å². The van der Waals surface area contributed by atoms with E-state index in [2.05, 4.69) is 4.72 Å². The molecule has 7 nitrogen and oxygen atoms in total. The molecule has 0 atom stereocenters. The molecule has 0 aliphatic rings. The third kappa shape index (κ3) is 4.65. The van der Waals surface area contributed by atoms with E-state index >= 15 is 0 Å². The molecule has 0 spiro atoms. The fourth-order valence-corrected chi connectivity index (χ4v) is 2.79. The molecule has 0 radical (unpaired) electrons. The first kappa shape index (κ1) is 18.6. The number of rotatable bonds is 6. The number of sulfonamides is 1. The molecular weight excluding hydrogens is 344 g/mol. The summed E-state index contributed by atoms with van der Waals surface area (Å²) in [5.74, 6) is -1.18. The van der Waals surface area contributed by atoms with Crippen LogP contribution in [0, 0.1) is 0 Å². The third-order valence-corrected chi connectivity index (χ3v) is 4.91. The lowest BCUT2D eigenvalue weighted by Gasteiger charge is -2.17. The van der Waals surface area contributed by atoms with Gasteiger partial charge in [-0.15, -0.1) is 0 Å². The molecule has 25 heavy (non-hydrogen) atoms. The van der Waals surface area contributed by atoms with Crippen molar-refractivity contribution in [3.8, 4) is 0 Å². The Morgan fingerprint density at radius 3 is 2.40 bits per heavy atom. The van der Waals surface area contributed by atoms with Gasteiger partial charge < -0.3 is 9.64 Å². The Labute approximate surface area is 146 Å². The molecule has 0 heterocycles. The quantitative estimate of drug-likeness (QED) is 0.785. The summed E-state index contributed by atoms with van der Waals surface area (Å²) in [5, 5.41) is 0. The summed E-state index contributed by atoms with van der Waals surface area (Å²) < 4.78 is 30.7. The van der Waals surface area contributed by atoms with Crippen LogP contribution < -0.4 is 9.62 Å². The minimum atomic E-state index is -3.67. The number of ether oxygens (including phenoxy) is 1. The molecule has 0 fully saturated rings. The highest BCUT2D eigenvalue weighted by Crippen LogP contribution is 2.13. The zero-order valence-electron chi connectivity index (χ0n) is 13.8. The lowest BCUT2D eigenvalue weighted by atomic mass is 10.2. The molecule has 0 unspecified atom stereocenters. The van der Waals surface area contributed by atoms with Gasteiger partial charge in [0.25, 0.3) is 5.91 Å². The van der Waals surface area contributed by atoms with Crippen LogP contribution in [0.5, 0.6) is 0 Å². The second kappa shape index (κ2) is 7.91. The zero-order chi connectivity index (χ0) is 18.4. The first-order chi connectivity index (χ1) is 11.8. The molecular formula is C17H18N2O5S. The molecule has 2 aromatic rings. The molecule has 2 rings (SSSR count). The van der Waals surface area contributed by atoms with Crippen LogP contribution in [0.4, 0.5) is 5.69 Å². The Morgan fingerprint density at radius 2 is 1.76 bits per heavy atom. The predicted molar refractivity (Wildman–Crippen MR) is 92.8 cm³/mol. The summed E-state index contributed by atoms with van der Waals surface area (Å²) in [7, 11) is -0.817. The van der Waals surface area contributed by atoms with Gasteiger partial charge in [0.1, 0.15) is 0 Å². The van der Waals surface area contributed by atoms with E-state index in [1.807, 2.05) is 6.07 Å². The van der Waals surface area contributed by atoms with Gasteiger partial charge in [0.15, 0.2) is 6.61 Å². The van der Waals surface area contributed by atoms with E-state index in [1.54, 1.807) is 31.3 Å². The Bertz CT molecular complexity index is 866. The van der Waals surface area contributed by atoms with Crippen LogP contribution in [0.15, 0.2) is 59.5 Å². The summed E-state index contributed by atoms with van der Waals surface area (Å²) in [6.45, 7) is -0.451. The van der Waals surface area contributed by atoms with Gasteiger partial charge in [-0.3, -0.25) is 4.79 Å². The Kier molecular flexibility index (Phi) is 5.89. The smallest absolute Gasteiger partial charge is 0.338 e. The van der Waals surface area contributed by atoms with Crippen molar-refractivity contribution < 1.29 is 22.7 Å². The number of nitrogens with zero attached hydrogens (tertiary/aromatic N) is 1. The fourth-order valence-electron chi connectivity index (χ4n) is 2.01. The lowest BCUT2D eigenvalue weighted by Crippen LogP contribution is -2.31. The molecule has 1 amide bonds. The highest BCUT2D eigenvalue weighted by atomic mass is 32.2. The molecule has 0 saturated heterocycles. The van der Waals surface area contributed by atoms with E-state index < -0.39 is 28.5 Å². The van der Waals surface area contributed by atoms with Gasteiger partial charge in [0.2, 0.25) is 10.0 Å². The summed E-state index contributed by atoms with van der Waals surface area (Å²) in [6.07, 6.45) is 0. The summed E-state index contributed by atoms with van der Waals surface area (Å²) in [6, 6.07) is 14.3. The van der Waals surface area contributed by atoms with Gasteiger partial charge in [0.05, 0.1) is 10.5 Å². The van der Waals surface area contributed by atoms with Gasteiger partial charge in [0, 0.05) is 12.7 Å². The van der Waals surface area contributed by atoms with Crippen LogP contribution in [0.1, 0.15) is 10.4 Å². The van der Waals surface area contributed by atoms with Crippen molar-refractivity contribution in [1.82, 2.24) is 4.72 Å². The van der Waals surface area contributed by atoms with Crippen molar-refractivity contribution in [2.24, 2.45) is 0 Å². The largest absolute Gasteiger partial charge is 0.452 e. The maximum Gasteiger partial charge on any atom is 0.338 e. The monoisotopic (exact) mass is 362 g/mol. The van der Waals surface area contributed by atoms with Crippen LogP contribution in [-0.4, -0.2) is 41.0 Å². The average Bonchev–Trinajstić information content (AvgIpc) is 2.66. The van der Waals surface area contributed by atoms with Crippen molar-refractivity contribution in [3.63, 3.8) is 0 Å². The van der Waals surface area contributed by atoms with Gasteiger partial charge in [-0.1, -0.05) is 24.3 Å².